The Balaban J connectivity index is 3.90. The average molecular weight is 243 g/mol. The first kappa shape index (κ1) is 15.2. The van der Waals surface area contributed by atoms with Gasteiger partial charge in [0, 0.05) is 19.1 Å². The van der Waals surface area contributed by atoms with Crippen LogP contribution in [0.15, 0.2) is 0 Å². The van der Waals surface area contributed by atoms with Gasteiger partial charge in [0.2, 0.25) is 0 Å². The third-order valence-corrected chi connectivity index (χ3v) is 1.99. The molecule has 0 aromatic heterocycles. The van der Waals surface area contributed by atoms with E-state index in [0.29, 0.717) is 0 Å². The number of alkyl halides is 3. The second-order valence-electron chi connectivity index (χ2n) is 3.57. The van der Waals surface area contributed by atoms with Gasteiger partial charge in [-0.25, -0.2) is 0 Å². The van der Waals surface area contributed by atoms with Crippen molar-refractivity contribution in [3.63, 3.8) is 0 Å². The van der Waals surface area contributed by atoms with Crippen LogP contribution in [0, 0.1) is 0 Å². The molecule has 0 aromatic carbocycles. The van der Waals surface area contributed by atoms with E-state index in [0.717, 1.165) is 0 Å². The Morgan fingerprint density at radius 1 is 1.38 bits per heavy atom. The lowest BCUT2D eigenvalue weighted by molar-refractivity contribution is -0.325. The van der Waals surface area contributed by atoms with Gasteiger partial charge in [0.05, 0.1) is 13.0 Å². The van der Waals surface area contributed by atoms with E-state index in [4.69, 9.17) is 5.11 Å². The molecule has 0 bridgehead atoms. The van der Waals surface area contributed by atoms with Crippen molar-refractivity contribution in [3.05, 3.63) is 0 Å². The van der Waals surface area contributed by atoms with Crippen molar-refractivity contribution in [2.45, 2.75) is 32.7 Å². The summed E-state index contributed by atoms with van der Waals surface area (Å²) in [5.74, 6) is -0.970. The molecule has 0 fully saturated rings. The van der Waals surface area contributed by atoms with E-state index in [9.17, 15) is 18.0 Å². The minimum Gasteiger partial charge on any atom is -0.481 e. The molecule has 0 aliphatic carbocycles. The highest BCUT2D eigenvalue weighted by molar-refractivity contribution is 5.66. The normalized spacial score (nSPS) is 12.4. The van der Waals surface area contributed by atoms with E-state index in [1.165, 1.54) is 0 Å². The Morgan fingerprint density at radius 3 is 2.31 bits per heavy atom. The molecule has 7 heteroatoms. The molecule has 0 radical (unpaired) electrons. The standard InChI is InChI=1S/C9H16F3NO3/c1-7(2)13(4-3-8(14)15)5-6-16-9(10,11)12/h7H,3-6H2,1-2H3,(H,14,15). The number of nitrogens with zero attached hydrogens (tertiary/aromatic N) is 1. The molecule has 0 saturated heterocycles. The minimum atomic E-state index is -4.63. The molecule has 0 atom stereocenters. The number of carboxylic acid groups (broad SMARTS) is 1. The van der Waals surface area contributed by atoms with Crippen LogP contribution in [-0.4, -0.2) is 48.1 Å². The molecule has 96 valence electrons. The second kappa shape index (κ2) is 6.70. The minimum absolute atomic E-state index is 0.0174. The van der Waals surface area contributed by atoms with Gasteiger partial charge in [0.15, 0.2) is 0 Å². The van der Waals surface area contributed by atoms with Crippen molar-refractivity contribution in [2.24, 2.45) is 0 Å². The predicted molar refractivity (Wildman–Crippen MR) is 51.0 cm³/mol. The highest BCUT2D eigenvalue weighted by atomic mass is 19.4. The summed E-state index contributed by atoms with van der Waals surface area (Å²) < 4.78 is 38.7. The van der Waals surface area contributed by atoms with E-state index in [1.807, 2.05) is 0 Å². The molecular weight excluding hydrogens is 227 g/mol. The molecule has 4 nitrogen and oxygen atoms in total. The van der Waals surface area contributed by atoms with Crippen molar-refractivity contribution in [1.29, 1.82) is 0 Å². The number of rotatable bonds is 7. The summed E-state index contributed by atoms with van der Waals surface area (Å²) in [6.07, 6.45) is -4.72. The fourth-order valence-electron chi connectivity index (χ4n) is 1.15. The van der Waals surface area contributed by atoms with Crippen molar-refractivity contribution in [2.75, 3.05) is 19.7 Å². The maximum absolute atomic E-state index is 11.7. The van der Waals surface area contributed by atoms with Gasteiger partial charge in [-0.15, -0.1) is 13.2 Å². The first-order chi connectivity index (χ1) is 7.22. The van der Waals surface area contributed by atoms with Crippen molar-refractivity contribution in [1.82, 2.24) is 4.90 Å². The van der Waals surface area contributed by atoms with Crippen LogP contribution >= 0.6 is 0 Å². The zero-order valence-electron chi connectivity index (χ0n) is 9.25. The maximum Gasteiger partial charge on any atom is 0.522 e. The molecule has 0 aliphatic rings. The Hall–Kier alpha value is -0.820. The van der Waals surface area contributed by atoms with Gasteiger partial charge in [-0.05, 0) is 13.8 Å². The summed E-state index contributed by atoms with van der Waals surface area (Å²) in [5, 5.41) is 8.46. The summed E-state index contributed by atoms with van der Waals surface area (Å²) in [4.78, 5) is 11.9. The summed E-state index contributed by atoms with van der Waals surface area (Å²) in [6, 6.07) is -0.0174. The summed E-state index contributed by atoms with van der Waals surface area (Å²) in [5.41, 5.74) is 0. The Bertz CT molecular complexity index is 219. The molecular formula is C9H16F3NO3. The fourth-order valence-corrected chi connectivity index (χ4v) is 1.15. The van der Waals surface area contributed by atoms with Crippen LogP contribution in [0.4, 0.5) is 13.2 Å². The third kappa shape index (κ3) is 8.49. The molecule has 0 amide bonds. The average Bonchev–Trinajstić information content (AvgIpc) is 2.07. The summed E-state index contributed by atoms with van der Waals surface area (Å²) in [7, 11) is 0. The molecule has 0 heterocycles. The Kier molecular flexibility index (Phi) is 6.35. The summed E-state index contributed by atoms with van der Waals surface area (Å²) >= 11 is 0. The Morgan fingerprint density at radius 2 is 1.94 bits per heavy atom. The van der Waals surface area contributed by atoms with Crippen molar-refractivity contribution < 1.29 is 27.8 Å². The molecule has 0 rings (SSSR count). The van der Waals surface area contributed by atoms with Crippen LogP contribution in [0.2, 0.25) is 0 Å². The molecule has 0 aromatic rings. The molecule has 16 heavy (non-hydrogen) atoms. The predicted octanol–water partition coefficient (Wildman–Crippen LogP) is 1.71. The van der Waals surface area contributed by atoms with E-state index in [1.54, 1.807) is 18.7 Å². The van der Waals surface area contributed by atoms with Gasteiger partial charge in [-0.1, -0.05) is 0 Å². The van der Waals surface area contributed by atoms with E-state index in [2.05, 4.69) is 4.74 Å². The van der Waals surface area contributed by atoms with E-state index < -0.39 is 18.9 Å². The monoisotopic (exact) mass is 243 g/mol. The highest BCUT2D eigenvalue weighted by Crippen LogP contribution is 2.15. The molecule has 0 saturated carbocycles. The quantitative estimate of drug-likeness (QED) is 0.739. The summed E-state index contributed by atoms with van der Waals surface area (Å²) in [6.45, 7) is 3.37. The number of hydrogen-bond donors (Lipinski definition) is 1. The van der Waals surface area contributed by atoms with E-state index >= 15 is 0 Å². The van der Waals surface area contributed by atoms with Crippen molar-refractivity contribution >= 4 is 5.97 Å². The largest absolute Gasteiger partial charge is 0.522 e. The lowest BCUT2D eigenvalue weighted by Gasteiger charge is -2.25. The SMILES string of the molecule is CC(C)N(CCOC(F)(F)F)CCC(=O)O. The van der Waals surface area contributed by atoms with Crippen LogP contribution in [0.5, 0.6) is 0 Å². The second-order valence-corrected chi connectivity index (χ2v) is 3.57. The van der Waals surface area contributed by atoms with Gasteiger partial charge < -0.3 is 5.11 Å². The number of aliphatic carboxylic acids is 1. The van der Waals surface area contributed by atoms with Crippen LogP contribution < -0.4 is 0 Å². The lowest BCUT2D eigenvalue weighted by Crippen LogP contribution is -2.36. The highest BCUT2D eigenvalue weighted by Gasteiger charge is 2.29. The number of carbonyl (C=O) groups is 1. The van der Waals surface area contributed by atoms with Crippen LogP contribution in [0.25, 0.3) is 0 Å². The first-order valence-corrected chi connectivity index (χ1v) is 4.89. The first-order valence-electron chi connectivity index (χ1n) is 4.89. The number of hydrogen-bond acceptors (Lipinski definition) is 3. The van der Waals surface area contributed by atoms with Gasteiger partial charge >= 0.3 is 12.3 Å². The van der Waals surface area contributed by atoms with Gasteiger partial charge in [0.1, 0.15) is 0 Å². The van der Waals surface area contributed by atoms with Crippen LogP contribution in [-0.2, 0) is 9.53 Å². The maximum atomic E-state index is 11.7. The fraction of sp³-hybridized carbons (Fsp3) is 0.889. The van der Waals surface area contributed by atoms with Crippen molar-refractivity contribution in [3.8, 4) is 0 Å². The van der Waals surface area contributed by atoms with Gasteiger partial charge in [0.25, 0.3) is 0 Å². The Labute approximate surface area is 92.0 Å². The number of ether oxygens (including phenoxy) is 1. The number of halogens is 3. The molecule has 0 spiro atoms. The van der Waals surface area contributed by atoms with E-state index in [-0.39, 0.29) is 25.6 Å². The molecule has 0 aliphatic heterocycles. The topological polar surface area (TPSA) is 49.8 Å². The van der Waals surface area contributed by atoms with Gasteiger partial charge in [-0.2, -0.15) is 0 Å². The van der Waals surface area contributed by atoms with Crippen LogP contribution in [0.3, 0.4) is 0 Å². The van der Waals surface area contributed by atoms with Gasteiger partial charge in [-0.3, -0.25) is 14.4 Å². The smallest absolute Gasteiger partial charge is 0.481 e. The third-order valence-electron chi connectivity index (χ3n) is 1.99. The lowest BCUT2D eigenvalue weighted by atomic mass is 10.3. The zero-order chi connectivity index (χ0) is 12.8. The molecule has 0 unspecified atom stereocenters. The number of carboxylic acids is 1. The zero-order valence-corrected chi connectivity index (χ0v) is 9.25. The molecule has 1 N–H and O–H groups in total. The van der Waals surface area contributed by atoms with Crippen LogP contribution in [0.1, 0.15) is 20.3 Å².